The van der Waals surface area contributed by atoms with Gasteiger partial charge in [0.15, 0.2) is 0 Å². The summed E-state index contributed by atoms with van der Waals surface area (Å²) in [6.07, 6.45) is 2.18. The second-order valence-electron chi connectivity index (χ2n) is 4.75. The SMILES string of the molecule is Nc1ccc(OCc2ccc3c(c2)CCCO3)cc1. The Morgan fingerprint density at radius 3 is 2.79 bits per heavy atom. The van der Waals surface area contributed by atoms with Crippen LogP contribution in [0.15, 0.2) is 42.5 Å². The van der Waals surface area contributed by atoms with Crippen LogP contribution in [-0.4, -0.2) is 6.61 Å². The van der Waals surface area contributed by atoms with Gasteiger partial charge in [0, 0.05) is 5.69 Å². The molecule has 98 valence electrons. The summed E-state index contributed by atoms with van der Waals surface area (Å²) in [6, 6.07) is 13.7. The van der Waals surface area contributed by atoms with E-state index < -0.39 is 0 Å². The number of hydrogen-bond donors (Lipinski definition) is 1. The van der Waals surface area contributed by atoms with E-state index >= 15 is 0 Å². The zero-order valence-electron chi connectivity index (χ0n) is 10.8. The van der Waals surface area contributed by atoms with Crippen LogP contribution in [0, 0.1) is 0 Å². The molecule has 19 heavy (non-hydrogen) atoms. The molecule has 1 heterocycles. The van der Waals surface area contributed by atoms with Crippen LogP contribution < -0.4 is 15.2 Å². The molecule has 0 aromatic heterocycles. The van der Waals surface area contributed by atoms with E-state index in [-0.39, 0.29) is 0 Å². The van der Waals surface area contributed by atoms with Crippen molar-refractivity contribution in [3.8, 4) is 11.5 Å². The minimum Gasteiger partial charge on any atom is -0.493 e. The summed E-state index contributed by atoms with van der Waals surface area (Å²) in [6.45, 7) is 1.39. The number of nitrogen functional groups attached to an aromatic ring is 1. The zero-order valence-corrected chi connectivity index (χ0v) is 10.8. The summed E-state index contributed by atoms with van der Waals surface area (Å²) in [5.41, 5.74) is 8.84. The van der Waals surface area contributed by atoms with Gasteiger partial charge in [-0.1, -0.05) is 6.07 Å². The fourth-order valence-electron chi connectivity index (χ4n) is 2.23. The van der Waals surface area contributed by atoms with Crippen molar-refractivity contribution in [2.24, 2.45) is 0 Å². The number of fused-ring (bicyclic) bond motifs is 1. The summed E-state index contributed by atoms with van der Waals surface area (Å²) < 4.78 is 11.3. The first kappa shape index (κ1) is 11.9. The van der Waals surface area contributed by atoms with Gasteiger partial charge in [-0.3, -0.25) is 0 Å². The third-order valence-electron chi connectivity index (χ3n) is 3.26. The molecule has 0 atom stereocenters. The first-order chi connectivity index (χ1) is 9.31. The van der Waals surface area contributed by atoms with Crippen LogP contribution in [0.3, 0.4) is 0 Å². The monoisotopic (exact) mass is 255 g/mol. The molecule has 1 aliphatic heterocycles. The smallest absolute Gasteiger partial charge is 0.122 e. The highest BCUT2D eigenvalue weighted by atomic mass is 16.5. The van der Waals surface area contributed by atoms with E-state index in [4.69, 9.17) is 15.2 Å². The first-order valence-corrected chi connectivity index (χ1v) is 6.54. The molecule has 3 rings (SSSR count). The fraction of sp³-hybridized carbons (Fsp3) is 0.250. The molecular formula is C16H17NO2. The minimum absolute atomic E-state index is 0.567. The van der Waals surface area contributed by atoms with Gasteiger partial charge in [-0.2, -0.15) is 0 Å². The normalized spacial score (nSPS) is 13.5. The summed E-state index contributed by atoms with van der Waals surface area (Å²) in [4.78, 5) is 0. The molecule has 3 heteroatoms. The van der Waals surface area contributed by atoms with Gasteiger partial charge in [0.1, 0.15) is 18.1 Å². The number of hydrogen-bond acceptors (Lipinski definition) is 3. The van der Waals surface area contributed by atoms with Crippen molar-refractivity contribution in [3.63, 3.8) is 0 Å². The molecule has 0 saturated heterocycles. The second kappa shape index (κ2) is 5.22. The minimum atomic E-state index is 0.567. The number of ether oxygens (including phenoxy) is 2. The number of anilines is 1. The standard InChI is InChI=1S/C16H17NO2/c17-14-4-6-15(7-5-14)19-11-12-3-8-16-13(10-12)2-1-9-18-16/h3-8,10H,1-2,9,11,17H2. The van der Waals surface area contributed by atoms with Crippen LogP contribution in [0.1, 0.15) is 17.5 Å². The third-order valence-corrected chi connectivity index (χ3v) is 3.26. The van der Waals surface area contributed by atoms with Gasteiger partial charge in [0.2, 0.25) is 0 Å². The number of nitrogens with two attached hydrogens (primary N) is 1. The van der Waals surface area contributed by atoms with Gasteiger partial charge in [0.25, 0.3) is 0 Å². The largest absolute Gasteiger partial charge is 0.493 e. The first-order valence-electron chi connectivity index (χ1n) is 6.54. The maximum atomic E-state index is 5.74. The molecular weight excluding hydrogens is 238 g/mol. The average Bonchev–Trinajstić information content (AvgIpc) is 2.46. The molecule has 0 aliphatic carbocycles. The Morgan fingerprint density at radius 1 is 1.11 bits per heavy atom. The number of aryl methyl sites for hydroxylation is 1. The molecule has 0 radical (unpaired) electrons. The van der Waals surface area contributed by atoms with Crippen molar-refractivity contribution in [2.45, 2.75) is 19.4 Å². The van der Waals surface area contributed by atoms with E-state index in [0.29, 0.717) is 6.61 Å². The quantitative estimate of drug-likeness (QED) is 0.857. The van der Waals surface area contributed by atoms with Gasteiger partial charge in [-0.15, -0.1) is 0 Å². The summed E-state index contributed by atoms with van der Waals surface area (Å²) >= 11 is 0. The molecule has 0 bridgehead atoms. The molecule has 0 amide bonds. The second-order valence-corrected chi connectivity index (χ2v) is 4.75. The van der Waals surface area contributed by atoms with E-state index in [9.17, 15) is 0 Å². The van der Waals surface area contributed by atoms with Gasteiger partial charge >= 0.3 is 0 Å². The lowest BCUT2D eigenvalue weighted by molar-refractivity contribution is 0.285. The van der Waals surface area contributed by atoms with E-state index in [0.717, 1.165) is 36.6 Å². The van der Waals surface area contributed by atoms with Gasteiger partial charge in [0.05, 0.1) is 6.61 Å². The average molecular weight is 255 g/mol. The molecule has 0 spiro atoms. The van der Waals surface area contributed by atoms with Crippen molar-refractivity contribution in [1.29, 1.82) is 0 Å². The molecule has 0 fully saturated rings. The predicted molar refractivity (Wildman–Crippen MR) is 75.4 cm³/mol. The van der Waals surface area contributed by atoms with Crippen LogP contribution in [0.2, 0.25) is 0 Å². The third kappa shape index (κ3) is 2.81. The predicted octanol–water partition coefficient (Wildman–Crippen LogP) is 3.17. The van der Waals surface area contributed by atoms with Crippen LogP contribution in [0.25, 0.3) is 0 Å². The summed E-state index contributed by atoms with van der Waals surface area (Å²) in [5, 5.41) is 0. The number of rotatable bonds is 3. The van der Waals surface area contributed by atoms with Crippen molar-refractivity contribution in [2.75, 3.05) is 12.3 Å². The Hall–Kier alpha value is -2.16. The summed E-state index contributed by atoms with van der Waals surface area (Å²) in [7, 11) is 0. The highest BCUT2D eigenvalue weighted by molar-refractivity contribution is 5.42. The van der Waals surface area contributed by atoms with E-state index in [1.165, 1.54) is 11.1 Å². The molecule has 0 saturated carbocycles. The Labute approximate surface area is 113 Å². The van der Waals surface area contributed by atoms with Crippen molar-refractivity contribution in [1.82, 2.24) is 0 Å². The van der Waals surface area contributed by atoms with Gasteiger partial charge < -0.3 is 15.2 Å². The number of benzene rings is 2. The molecule has 0 unspecified atom stereocenters. The highest BCUT2D eigenvalue weighted by Gasteiger charge is 2.10. The van der Waals surface area contributed by atoms with Gasteiger partial charge in [-0.05, 0) is 60.4 Å². The highest BCUT2D eigenvalue weighted by Crippen LogP contribution is 2.26. The van der Waals surface area contributed by atoms with Gasteiger partial charge in [-0.25, -0.2) is 0 Å². The molecule has 2 aromatic carbocycles. The van der Waals surface area contributed by atoms with E-state index in [2.05, 4.69) is 12.1 Å². The zero-order chi connectivity index (χ0) is 13.1. The topological polar surface area (TPSA) is 44.5 Å². The van der Waals surface area contributed by atoms with Crippen molar-refractivity contribution >= 4 is 5.69 Å². The van der Waals surface area contributed by atoms with Crippen molar-refractivity contribution in [3.05, 3.63) is 53.6 Å². The Bertz CT molecular complexity index is 563. The maximum Gasteiger partial charge on any atom is 0.122 e. The maximum absolute atomic E-state index is 5.74. The van der Waals surface area contributed by atoms with Crippen LogP contribution in [0.4, 0.5) is 5.69 Å². The van der Waals surface area contributed by atoms with Crippen LogP contribution in [0.5, 0.6) is 11.5 Å². The Balaban J connectivity index is 1.68. The van der Waals surface area contributed by atoms with Crippen LogP contribution >= 0.6 is 0 Å². The summed E-state index contributed by atoms with van der Waals surface area (Å²) in [5.74, 6) is 1.85. The molecule has 2 aromatic rings. The van der Waals surface area contributed by atoms with E-state index in [1.807, 2.05) is 30.3 Å². The lowest BCUT2D eigenvalue weighted by atomic mass is 10.0. The Kier molecular flexibility index (Phi) is 3.27. The fourth-order valence-corrected chi connectivity index (χ4v) is 2.23. The van der Waals surface area contributed by atoms with Crippen molar-refractivity contribution < 1.29 is 9.47 Å². The lowest BCUT2D eigenvalue weighted by Gasteiger charge is -2.18. The lowest BCUT2D eigenvalue weighted by Crippen LogP contribution is -2.09. The van der Waals surface area contributed by atoms with Crippen LogP contribution in [-0.2, 0) is 13.0 Å². The molecule has 3 nitrogen and oxygen atoms in total. The Morgan fingerprint density at radius 2 is 1.95 bits per heavy atom. The molecule has 1 aliphatic rings. The molecule has 2 N–H and O–H groups in total. The van der Waals surface area contributed by atoms with E-state index in [1.54, 1.807) is 0 Å².